The van der Waals surface area contributed by atoms with Crippen LogP contribution in [0.3, 0.4) is 0 Å². The maximum absolute atomic E-state index is 11.9. The fraction of sp³-hybridized carbons (Fsp3) is 0.462. The summed E-state index contributed by atoms with van der Waals surface area (Å²) in [5.41, 5.74) is 0.483. The molecule has 0 aliphatic carbocycles. The highest BCUT2D eigenvalue weighted by Gasteiger charge is 2.17. The van der Waals surface area contributed by atoms with Crippen LogP contribution in [-0.2, 0) is 4.79 Å². The van der Waals surface area contributed by atoms with Crippen molar-refractivity contribution in [3.05, 3.63) is 28.5 Å². The van der Waals surface area contributed by atoms with Crippen molar-refractivity contribution in [2.24, 2.45) is 0 Å². The number of hydrogen-bond donors (Lipinski definition) is 1. The minimum atomic E-state index is -0.214. The van der Waals surface area contributed by atoms with E-state index in [2.05, 4.69) is 26.2 Å². The molecule has 2 amide bonds. The SMILES string of the molecule is O=C(NCCC(=O)N1CCCC1)c1cccnc1Br. The van der Waals surface area contributed by atoms with Crippen LogP contribution in [0, 0.1) is 0 Å². The van der Waals surface area contributed by atoms with Gasteiger partial charge in [0.05, 0.1) is 5.56 Å². The monoisotopic (exact) mass is 325 g/mol. The number of aromatic nitrogens is 1. The topological polar surface area (TPSA) is 62.3 Å². The molecule has 102 valence electrons. The van der Waals surface area contributed by atoms with E-state index in [4.69, 9.17) is 0 Å². The maximum Gasteiger partial charge on any atom is 0.254 e. The van der Waals surface area contributed by atoms with Gasteiger partial charge in [-0.2, -0.15) is 0 Å². The zero-order valence-corrected chi connectivity index (χ0v) is 12.1. The van der Waals surface area contributed by atoms with E-state index >= 15 is 0 Å². The number of carbonyl (C=O) groups excluding carboxylic acids is 2. The summed E-state index contributed by atoms with van der Waals surface area (Å²) in [7, 11) is 0. The first-order valence-electron chi connectivity index (χ1n) is 6.35. The van der Waals surface area contributed by atoms with Gasteiger partial charge in [0.15, 0.2) is 0 Å². The van der Waals surface area contributed by atoms with E-state index < -0.39 is 0 Å². The van der Waals surface area contributed by atoms with Gasteiger partial charge in [-0.3, -0.25) is 9.59 Å². The highest BCUT2D eigenvalue weighted by Crippen LogP contribution is 2.12. The molecule has 1 saturated heterocycles. The molecule has 1 aromatic heterocycles. The third-order valence-electron chi connectivity index (χ3n) is 3.09. The molecule has 0 radical (unpaired) electrons. The molecule has 2 rings (SSSR count). The van der Waals surface area contributed by atoms with Crippen molar-refractivity contribution >= 4 is 27.7 Å². The second kappa shape index (κ2) is 6.65. The molecule has 0 bridgehead atoms. The van der Waals surface area contributed by atoms with Gasteiger partial charge in [-0.1, -0.05) is 0 Å². The third-order valence-corrected chi connectivity index (χ3v) is 3.72. The Balaban J connectivity index is 1.78. The van der Waals surface area contributed by atoms with Crippen molar-refractivity contribution in [1.82, 2.24) is 15.2 Å². The van der Waals surface area contributed by atoms with Gasteiger partial charge in [-0.25, -0.2) is 4.98 Å². The predicted octanol–water partition coefficient (Wildman–Crippen LogP) is 1.59. The highest BCUT2D eigenvalue weighted by molar-refractivity contribution is 9.10. The minimum Gasteiger partial charge on any atom is -0.351 e. The third kappa shape index (κ3) is 3.76. The molecule has 1 aliphatic rings. The summed E-state index contributed by atoms with van der Waals surface area (Å²) in [5, 5.41) is 2.74. The van der Waals surface area contributed by atoms with Gasteiger partial charge in [0.1, 0.15) is 4.60 Å². The molecule has 1 aliphatic heterocycles. The summed E-state index contributed by atoms with van der Waals surface area (Å²) in [4.78, 5) is 29.5. The first-order chi connectivity index (χ1) is 9.18. The Labute approximate surface area is 120 Å². The molecule has 5 nitrogen and oxygen atoms in total. The molecule has 0 atom stereocenters. The van der Waals surface area contributed by atoms with Gasteiger partial charge in [-0.15, -0.1) is 0 Å². The van der Waals surface area contributed by atoms with Gasteiger partial charge in [0.2, 0.25) is 5.91 Å². The lowest BCUT2D eigenvalue weighted by Crippen LogP contribution is -2.32. The lowest BCUT2D eigenvalue weighted by Gasteiger charge is -2.15. The molecule has 19 heavy (non-hydrogen) atoms. The highest BCUT2D eigenvalue weighted by atomic mass is 79.9. The molecule has 1 aromatic rings. The number of amides is 2. The van der Waals surface area contributed by atoms with Crippen molar-refractivity contribution < 1.29 is 9.59 Å². The lowest BCUT2D eigenvalue weighted by atomic mass is 10.2. The largest absolute Gasteiger partial charge is 0.351 e. The Morgan fingerprint density at radius 1 is 1.37 bits per heavy atom. The number of nitrogens with zero attached hydrogens (tertiary/aromatic N) is 2. The van der Waals surface area contributed by atoms with Crippen molar-refractivity contribution in [1.29, 1.82) is 0 Å². The summed E-state index contributed by atoms with van der Waals surface area (Å²) >= 11 is 3.22. The van der Waals surface area contributed by atoms with E-state index in [-0.39, 0.29) is 11.8 Å². The Morgan fingerprint density at radius 3 is 2.79 bits per heavy atom. The van der Waals surface area contributed by atoms with Crippen molar-refractivity contribution in [2.45, 2.75) is 19.3 Å². The summed E-state index contributed by atoms with van der Waals surface area (Å²) in [6.45, 7) is 2.05. The van der Waals surface area contributed by atoms with Gasteiger partial charge >= 0.3 is 0 Å². The molecule has 0 unspecified atom stereocenters. The zero-order chi connectivity index (χ0) is 13.7. The average molecular weight is 326 g/mol. The van der Waals surface area contributed by atoms with Crippen molar-refractivity contribution in [3.63, 3.8) is 0 Å². The van der Waals surface area contributed by atoms with E-state index in [0.29, 0.717) is 23.1 Å². The Kier molecular flexibility index (Phi) is 4.90. The fourth-order valence-electron chi connectivity index (χ4n) is 2.06. The molecule has 1 N–H and O–H groups in total. The molecular formula is C13H16BrN3O2. The van der Waals surface area contributed by atoms with E-state index in [0.717, 1.165) is 25.9 Å². The van der Waals surface area contributed by atoms with E-state index in [1.165, 1.54) is 0 Å². The number of carbonyl (C=O) groups is 2. The van der Waals surface area contributed by atoms with E-state index in [9.17, 15) is 9.59 Å². The molecular weight excluding hydrogens is 310 g/mol. The van der Waals surface area contributed by atoms with Gasteiger partial charge in [0.25, 0.3) is 5.91 Å². The number of hydrogen-bond acceptors (Lipinski definition) is 3. The molecule has 0 spiro atoms. The second-order valence-electron chi connectivity index (χ2n) is 4.44. The normalized spacial score (nSPS) is 14.5. The van der Waals surface area contributed by atoms with Crippen LogP contribution in [0.15, 0.2) is 22.9 Å². The van der Waals surface area contributed by atoms with Gasteiger partial charge in [0, 0.05) is 32.3 Å². The van der Waals surface area contributed by atoms with Gasteiger partial charge < -0.3 is 10.2 Å². The minimum absolute atomic E-state index is 0.114. The van der Waals surface area contributed by atoms with Gasteiger partial charge in [-0.05, 0) is 40.9 Å². The number of rotatable bonds is 4. The maximum atomic E-state index is 11.9. The van der Waals surface area contributed by atoms with Crippen LogP contribution in [0.25, 0.3) is 0 Å². The smallest absolute Gasteiger partial charge is 0.254 e. The van der Waals surface area contributed by atoms with Crippen LogP contribution in [-0.4, -0.2) is 41.3 Å². The van der Waals surface area contributed by atoms with Crippen LogP contribution in [0.5, 0.6) is 0 Å². The zero-order valence-electron chi connectivity index (χ0n) is 10.6. The summed E-state index contributed by atoms with van der Waals surface area (Å²) in [5.74, 6) is -0.0998. The standard InChI is InChI=1S/C13H16BrN3O2/c14-12-10(4-3-6-15-12)13(19)16-7-5-11(18)17-8-1-2-9-17/h3-4,6H,1-2,5,7-9H2,(H,16,19). The van der Waals surface area contributed by atoms with Crippen LogP contribution in [0.2, 0.25) is 0 Å². The molecule has 1 fully saturated rings. The quantitative estimate of drug-likeness (QED) is 0.855. The fourth-order valence-corrected chi connectivity index (χ4v) is 2.49. The summed E-state index contributed by atoms with van der Waals surface area (Å²) in [6.07, 6.45) is 4.13. The van der Waals surface area contributed by atoms with Crippen LogP contribution >= 0.6 is 15.9 Å². The van der Waals surface area contributed by atoms with E-state index in [1.807, 2.05) is 4.90 Å². The number of halogens is 1. The first kappa shape index (κ1) is 14.0. The predicted molar refractivity (Wildman–Crippen MR) is 74.7 cm³/mol. The number of nitrogens with one attached hydrogen (secondary N) is 1. The molecule has 6 heteroatoms. The van der Waals surface area contributed by atoms with Crippen molar-refractivity contribution in [2.75, 3.05) is 19.6 Å². The van der Waals surface area contributed by atoms with Crippen molar-refractivity contribution in [3.8, 4) is 0 Å². The molecule has 0 saturated carbocycles. The lowest BCUT2D eigenvalue weighted by molar-refractivity contribution is -0.129. The molecule has 2 heterocycles. The Bertz CT molecular complexity index is 473. The molecule has 0 aromatic carbocycles. The first-order valence-corrected chi connectivity index (χ1v) is 7.14. The average Bonchev–Trinajstić information content (AvgIpc) is 2.93. The Morgan fingerprint density at radius 2 is 2.11 bits per heavy atom. The summed E-state index contributed by atoms with van der Waals surface area (Å²) < 4.78 is 0.512. The van der Waals surface area contributed by atoms with Crippen LogP contribution in [0.4, 0.5) is 0 Å². The number of pyridine rings is 1. The van der Waals surface area contributed by atoms with E-state index in [1.54, 1.807) is 18.3 Å². The number of likely N-dealkylation sites (tertiary alicyclic amines) is 1. The Hall–Kier alpha value is -1.43. The van der Waals surface area contributed by atoms with Crippen LogP contribution < -0.4 is 5.32 Å². The second-order valence-corrected chi connectivity index (χ2v) is 5.19. The van der Waals surface area contributed by atoms with Crippen LogP contribution in [0.1, 0.15) is 29.6 Å². The summed E-state index contributed by atoms with van der Waals surface area (Å²) in [6, 6.07) is 3.39.